The number of thiol groups is 1. The highest BCUT2D eigenvalue weighted by molar-refractivity contribution is 7.80. The van der Waals surface area contributed by atoms with E-state index in [-0.39, 0.29) is 0 Å². The van der Waals surface area contributed by atoms with Gasteiger partial charge in [-0.15, -0.1) is 0 Å². The van der Waals surface area contributed by atoms with Gasteiger partial charge in [-0.2, -0.15) is 4.41 Å². The van der Waals surface area contributed by atoms with Crippen LogP contribution in [-0.4, -0.2) is 15.4 Å². The number of rotatable bonds is 0. The van der Waals surface area contributed by atoms with Crippen LogP contribution < -0.4 is 5.43 Å². The van der Waals surface area contributed by atoms with Crippen LogP contribution in [0.4, 0.5) is 0 Å². The minimum absolute atomic E-state index is 0.404. The highest BCUT2D eigenvalue weighted by Gasteiger charge is 2.29. The van der Waals surface area contributed by atoms with E-state index < -0.39 is 0 Å². The van der Waals surface area contributed by atoms with Gasteiger partial charge in [-0.25, -0.2) is 0 Å². The van der Waals surface area contributed by atoms with Crippen molar-refractivity contribution in [2.45, 2.75) is 19.9 Å². The van der Waals surface area contributed by atoms with Crippen molar-refractivity contribution in [2.24, 2.45) is 5.92 Å². The molecule has 0 aromatic heterocycles. The van der Waals surface area contributed by atoms with Crippen molar-refractivity contribution in [3.05, 3.63) is 0 Å². The van der Waals surface area contributed by atoms with E-state index in [1.54, 1.807) is 4.41 Å². The van der Waals surface area contributed by atoms with Crippen LogP contribution in [0.5, 0.6) is 0 Å². The van der Waals surface area contributed by atoms with Gasteiger partial charge in [0.1, 0.15) is 0 Å². The lowest BCUT2D eigenvalue weighted by atomic mass is 10.1. The Morgan fingerprint density at radius 2 is 2.22 bits per heavy atom. The summed E-state index contributed by atoms with van der Waals surface area (Å²) in [5.74, 6) is 0.428. The SMILES string of the molecule is CC1C(=S)NN(S)C1C. The van der Waals surface area contributed by atoms with E-state index in [1.807, 2.05) is 0 Å². The normalized spacial score (nSPS) is 37.0. The number of thiocarbonyl (C=S) groups is 1. The summed E-state index contributed by atoms with van der Waals surface area (Å²) >= 11 is 9.13. The molecular formula is C5H10N2S2. The third kappa shape index (κ3) is 1.20. The highest BCUT2D eigenvalue weighted by atomic mass is 32.1. The molecule has 0 aromatic rings. The average Bonchev–Trinajstić information content (AvgIpc) is 1.98. The third-order valence-corrected chi connectivity index (χ3v) is 2.68. The van der Waals surface area contributed by atoms with E-state index in [0.717, 1.165) is 4.99 Å². The second kappa shape index (κ2) is 2.44. The van der Waals surface area contributed by atoms with Crippen LogP contribution >= 0.6 is 25.0 Å². The van der Waals surface area contributed by atoms with E-state index in [1.165, 1.54) is 0 Å². The molecule has 0 aromatic carbocycles. The summed E-state index contributed by atoms with van der Waals surface area (Å²) in [7, 11) is 0. The fourth-order valence-corrected chi connectivity index (χ4v) is 1.42. The number of nitrogens with zero attached hydrogens (tertiary/aromatic N) is 1. The van der Waals surface area contributed by atoms with Gasteiger partial charge in [-0.3, -0.25) is 0 Å². The van der Waals surface area contributed by atoms with Gasteiger partial charge in [-0.05, 0) is 6.92 Å². The highest BCUT2D eigenvalue weighted by Crippen LogP contribution is 2.18. The van der Waals surface area contributed by atoms with E-state index in [2.05, 4.69) is 32.1 Å². The lowest BCUT2D eigenvalue weighted by molar-refractivity contribution is 0.364. The molecule has 52 valence electrons. The van der Waals surface area contributed by atoms with E-state index in [4.69, 9.17) is 12.2 Å². The number of nitrogens with one attached hydrogen (secondary N) is 1. The first kappa shape index (κ1) is 7.31. The van der Waals surface area contributed by atoms with Crippen molar-refractivity contribution in [1.82, 2.24) is 9.84 Å². The Kier molecular flexibility index (Phi) is 1.98. The van der Waals surface area contributed by atoms with Gasteiger partial charge >= 0.3 is 0 Å². The van der Waals surface area contributed by atoms with Crippen molar-refractivity contribution in [1.29, 1.82) is 0 Å². The largest absolute Gasteiger partial charge is 0.303 e. The van der Waals surface area contributed by atoms with Gasteiger partial charge in [0, 0.05) is 12.0 Å². The lowest BCUT2D eigenvalue weighted by Gasteiger charge is -2.12. The van der Waals surface area contributed by atoms with Crippen molar-refractivity contribution >= 4 is 30.0 Å². The molecule has 0 aliphatic carbocycles. The molecule has 2 unspecified atom stereocenters. The zero-order valence-corrected chi connectivity index (χ0v) is 7.17. The lowest BCUT2D eigenvalue weighted by Crippen LogP contribution is -2.27. The topological polar surface area (TPSA) is 15.3 Å². The first-order valence-corrected chi connectivity index (χ1v) is 3.72. The Balaban J connectivity index is 2.65. The van der Waals surface area contributed by atoms with E-state index >= 15 is 0 Å². The molecule has 0 bridgehead atoms. The van der Waals surface area contributed by atoms with Crippen LogP contribution in [0.3, 0.4) is 0 Å². The van der Waals surface area contributed by atoms with Crippen LogP contribution in [-0.2, 0) is 0 Å². The molecule has 0 amide bonds. The van der Waals surface area contributed by atoms with Crippen LogP contribution in [0.15, 0.2) is 0 Å². The molecule has 0 spiro atoms. The molecule has 9 heavy (non-hydrogen) atoms. The summed E-state index contributed by atoms with van der Waals surface area (Å²) < 4.78 is 1.74. The summed E-state index contributed by atoms with van der Waals surface area (Å²) in [5, 5.41) is 0. The number of hydrazine groups is 1. The number of hydrogen-bond acceptors (Lipinski definition) is 3. The summed E-state index contributed by atoms with van der Waals surface area (Å²) in [4.78, 5) is 0.887. The van der Waals surface area contributed by atoms with Gasteiger partial charge in [0.25, 0.3) is 0 Å². The second-order valence-corrected chi connectivity index (χ2v) is 3.22. The summed E-state index contributed by atoms with van der Waals surface area (Å²) in [5.41, 5.74) is 2.95. The fraction of sp³-hybridized carbons (Fsp3) is 0.800. The molecule has 1 aliphatic heterocycles. The van der Waals surface area contributed by atoms with Gasteiger partial charge in [0.15, 0.2) is 0 Å². The standard InChI is InChI=1S/C5H10N2S2/c1-3-4(2)7(9)6-5(3)8/h3-4,9H,1-2H3,(H,6,8). The van der Waals surface area contributed by atoms with Crippen LogP contribution in [0.25, 0.3) is 0 Å². The molecular weight excluding hydrogens is 152 g/mol. The zero-order valence-electron chi connectivity index (χ0n) is 5.46. The quantitative estimate of drug-likeness (QED) is 0.408. The van der Waals surface area contributed by atoms with Crippen LogP contribution in [0.1, 0.15) is 13.8 Å². The Labute approximate surface area is 66.1 Å². The maximum Gasteiger partial charge on any atom is 0.0949 e. The molecule has 1 N–H and O–H groups in total. The molecule has 1 fully saturated rings. The minimum Gasteiger partial charge on any atom is -0.303 e. The summed E-state index contributed by atoms with van der Waals surface area (Å²) in [6, 6.07) is 0.404. The van der Waals surface area contributed by atoms with Crippen molar-refractivity contribution in [3.63, 3.8) is 0 Å². The van der Waals surface area contributed by atoms with Crippen molar-refractivity contribution in [2.75, 3.05) is 0 Å². The maximum atomic E-state index is 4.99. The molecule has 0 radical (unpaired) electrons. The van der Waals surface area contributed by atoms with Crippen LogP contribution in [0.2, 0.25) is 0 Å². The number of hydrogen-bond donors (Lipinski definition) is 2. The second-order valence-electron chi connectivity index (χ2n) is 2.35. The molecule has 1 aliphatic rings. The van der Waals surface area contributed by atoms with Gasteiger partial charge < -0.3 is 5.43 Å². The molecule has 1 heterocycles. The Morgan fingerprint density at radius 3 is 2.33 bits per heavy atom. The third-order valence-electron chi connectivity index (χ3n) is 1.75. The smallest absolute Gasteiger partial charge is 0.0949 e. The Morgan fingerprint density at radius 1 is 1.67 bits per heavy atom. The van der Waals surface area contributed by atoms with Crippen molar-refractivity contribution in [3.8, 4) is 0 Å². The van der Waals surface area contributed by atoms with Gasteiger partial charge in [0.05, 0.1) is 4.99 Å². The maximum absolute atomic E-state index is 4.99. The Hall–Kier alpha value is 0.200. The van der Waals surface area contributed by atoms with Crippen molar-refractivity contribution < 1.29 is 0 Å². The zero-order chi connectivity index (χ0) is 7.02. The van der Waals surface area contributed by atoms with Gasteiger partial charge in [-0.1, -0.05) is 32.0 Å². The van der Waals surface area contributed by atoms with Crippen LogP contribution in [0, 0.1) is 5.92 Å². The molecule has 1 saturated heterocycles. The van der Waals surface area contributed by atoms with E-state index in [9.17, 15) is 0 Å². The molecule has 0 saturated carbocycles. The minimum atomic E-state index is 0.404. The molecule has 2 nitrogen and oxygen atoms in total. The predicted octanol–water partition coefficient (Wildman–Crippen LogP) is 1.00. The van der Waals surface area contributed by atoms with E-state index in [0.29, 0.717) is 12.0 Å². The first-order chi connectivity index (χ1) is 4.13. The first-order valence-electron chi connectivity index (χ1n) is 2.91. The average molecular weight is 162 g/mol. The molecule has 2 atom stereocenters. The fourth-order valence-electron chi connectivity index (χ4n) is 0.747. The summed E-state index contributed by atoms with van der Waals surface area (Å²) in [6.45, 7) is 4.18. The summed E-state index contributed by atoms with van der Waals surface area (Å²) in [6.07, 6.45) is 0. The monoisotopic (exact) mass is 162 g/mol. The van der Waals surface area contributed by atoms with Gasteiger partial charge in [0.2, 0.25) is 0 Å². The predicted molar refractivity (Wildman–Crippen MR) is 45.2 cm³/mol. The molecule has 1 rings (SSSR count). The molecule has 4 heteroatoms. The Bertz CT molecular complexity index is 137.